The monoisotopic (exact) mass is 306 g/mol. The molecule has 7 atom stereocenters. The van der Waals surface area contributed by atoms with Crippen LogP contribution in [-0.2, 0) is 9.53 Å². The summed E-state index contributed by atoms with van der Waals surface area (Å²) in [5.74, 6) is 2.30. The lowest BCUT2D eigenvalue weighted by atomic mass is 9.46. The number of hydrogen-bond donors (Lipinski definition) is 1. The summed E-state index contributed by atoms with van der Waals surface area (Å²) in [6.45, 7) is 7.12. The summed E-state index contributed by atoms with van der Waals surface area (Å²) in [5.41, 5.74) is -0.471. The van der Waals surface area contributed by atoms with Gasteiger partial charge in [0.05, 0.1) is 18.3 Å². The molecule has 0 spiro atoms. The number of ketones is 1. The average Bonchev–Trinajstić information content (AvgIpc) is 2.70. The van der Waals surface area contributed by atoms with Crippen LogP contribution in [0.5, 0.6) is 0 Å². The maximum Gasteiger partial charge on any atom is 0.133 e. The van der Waals surface area contributed by atoms with Crippen LogP contribution in [0.1, 0.15) is 65.7 Å². The van der Waals surface area contributed by atoms with Gasteiger partial charge in [-0.25, -0.2) is 0 Å². The molecule has 0 radical (unpaired) electrons. The number of carbonyl (C=O) groups is 1. The molecule has 3 heteroatoms. The minimum Gasteiger partial charge on any atom is -0.387 e. The maximum absolute atomic E-state index is 11.9. The summed E-state index contributed by atoms with van der Waals surface area (Å²) in [6, 6.07) is 0. The highest BCUT2D eigenvalue weighted by Crippen LogP contribution is 2.64. The number of ether oxygens (including phenoxy) is 1. The maximum atomic E-state index is 11.9. The first-order valence-electron chi connectivity index (χ1n) is 9.14. The minimum atomic E-state index is -0.692. The van der Waals surface area contributed by atoms with Crippen molar-refractivity contribution in [2.24, 2.45) is 28.6 Å². The highest BCUT2D eigenvalue weighted by atomic mass is 16.5. The highest BCUT2D eigenvalue weighted by molar-refractivity contribution is 5.79. The molecule has 0 aromatic heterocycles. The van der Waals surface area contributed by atoms with Crippen LogP contribution < -0.4 is 0 Å². The Morgan fingerprint density at radius 2 is 1.91 bits per heavy atom. The number of carbonyl (C=O) groups excluding carboxylic acids is 1. The quantitative estimate of drug-likeness (QED) is 0.746. The zero-order valence-corrected chi connectivity index (χ0v) is 14.2. The standard InChI is InChI=1S/C19H30O3/c1-17-8-6-13(20)10-12(17)4-5-14-15(17)7-9-18(2)16(14)22-11-19(18,3)21/h12,14-16,21H,4-11H2,1-3H3/t12-,14+,15-,16-,17-,18-,19-/m0/s1. The molecule has 0 bridgehead atoms. The van der Waals surface area contributed by atoms with E-state index in [0.717, 1.165) is 25.7 Å². The number of rotatable bonds is 0. The van der Waals surface area contributed by atoms with Crippen molar-refractivity contribution in [3.05, 3.63) is 0 Å². The molecule has 4 rings (SSSR count). The van der Waals surface area contributed by atoms with Gasteiger partial charge in [0.1, 0.15) is 5.78 Å². The van der Waals surface area contributed by atoms with Crippen molar-refractivity contribution >= 4 is 5.78 Å². The van der Waals surface area contributed by atoms with E-state index in [1.807, 2.05) is 6.92 Å². The Morgan fingerprint density at radius 1 is 1.14 bits per heavy atom. The Labute approximate surface area is 133 Å². The van der Waals surface area contributed by atoms with Crippen LogP contribution in [-0.4, -0.2) is 29.2 Å². The number of Topliss-reactive ketones (excluding diaryl/α,β-unsaturated/α-hetero) is 1. The van der Waals surface area contributed by atoms with E-state index < -0.39 is 5.60 Å². The van der Waals surface area contributed by atoms with Crippen molar-refractivity contribution in [3.63, 3.8) is 0 Å². The van der Waals surface area contributed by atoms with Crippen molar-refractivity contribution in [2.75, 3.05) is 6.61 Å². The number of aliphatic hydroxyl groups is 1. The zero-order chi connectivity index (χ0) is 15.8. The third-order valence-corrected chi connectivity index (χ3v) is 8.33. The Kier molecular flexibility index (Phi) is 3.14. The molecule has 0 unspecified atom stereocenters. The molecule has 3 aliphatic carbocycles. The summed E-state index contributed by atoms with van der Waals surface area (Å²) in [6.07, 6.45) is 7.45. The van der Waals surface area contributed by atoms with Gasteiger partial charge in [-0.15, -0.1) is 0 Å². The summed E-state index contributed by atoms with van der Waals surface area (Å²) in [4.78, 5) is 11.9. The molecule has 1 saturated heterocycles. The van der Waals surface area contributed by atoms with Crippen molar-refractivity contribution in [1.82, 2.24) is 0 Å². The Balaban J connectivity index is 1.65. The first-order valence-corrected chi connectivity index (χ1v) is 9.14. The molecular weight excluding hydrogens is 276 g/mol. The molecule has 1 N–H and O–H groups in total. The van der Waals surface area contributed by atoms with E-state index in [1.165, 1.54) is 19.3 Å². The Bertz CT molecular complexity index is 499. The average molecular weight is 306 g/mol. The van der Waals surface area contributed by atoms with E-state index in [9.17, 15) is 9.90 Å². The first kappa shape index (κ1) is 15.1. The molecule has 124 valence electrons. The molecule has 22 heavy (non-hydrogen) atoms. The van der Waals surface area contributed by atoms with E-state index in [4.69, 9.17) is 4.74 Å². The van der Waals surface area contributed by atoms with Crippen molar-refractivity contribution < 1.29 is 14.6 Å². The lowest BCUT2D eigenvalue weighted by Crippen LogP contribution is -2.58. The molecule has 4 aliphatic rings. The van der Waals surface area contributed by atoms with Crippen molar-refractivity contribution in [1.29, 1.82) is 0 Å². The third-order valence-electron chi connectivity index (χ3n) is 8.33. The van der Waals surface area contributed by atoms with Gasteiger partial charge in [-0.3, -0.25) is 4.79 Å². The van der Waals surface area contributed by atoms with Crippen LogP contribution in [0.15, 0.2) is 0 Å². The minimum absolute atomic E-state index is 0.0954. The number of fused-ring (bicyclic) bond motifs is 5. The van der Waals surface area contributed by atoms with Crippen LogP contribution in [0.3, 0.4) is 0 Å². The van der Waals surface area contributed by atoms with E-state index in [2.05, 4.69) is 13.8 Å². The first-order chi connectivity index (χ1) is 10.3. The summed E-state index contributed by atoms with van der Waals surface area (Å²) in [5, 5.41) is 10.8. The van der Waals surface area contributed by atoms with E-state index in [0.29, 0.717) is 35.6 Å². The normalized spacial score (nSPS) is 57.9. The molecule has 0 aromatic rings. The largest absolute Gasteiger partial charge is 0.387 e. The van der Waals surface area contributed by atoms with Gasteiger partial charge in [0.2, 0.25) is 0 Å². The predicted molar refractivity (Wildman–Crippen MR) is 84.4 cm³/mol. The fourth-order valence-electron chi connectivity index (χ4n) is 6.50. The molecule has 4 fully saturated rings. The SMILES string of the molecule is C[C@]12CCC(=O)C[C@@H]1CC[C@@H]1[C@@H]2CC[C@@]2(C)[C@H]1OC[C@]2(C)O. The third kappa shape index (κ3) is 1.78. The second kappa shape index (κ2) is 4.57. The van der Waals surface area contributed by atoms with Crippen LogP contribution in [0.25, 0.3) is 0 Å². The molecule has 3 nitrogen and oxygen atoms in total. The van der Waals surface area contributed by atoms with E-state index >= 15 is 0 Å². The highest BCUT2D eigenvalue weighted by Gasteiger charge is 2.64. The molecule has 0 amide bonds. The summed E-state index contributed by atoms with van der Waals surface area (Å²) < 4.78 is 6.17. The molecular formula is C19H30O3. The van der Waals surface area contributed by atoms with E-state index in [-0.39, 0.29) is 11.5 Å². The fraction of sp³-hybridized carbons (Fsp3) is 0.947. The Hall–Kier alpha value is -0.410. The van der Waals surface area contributed by atoms with Gasteiger partial charge >= 0.3 is 0 Å². The predicted octanol–water partition coefficient (Wildman–Crippen LogP) is 3.34. The van der Waals surface area contributed by atoms with Crippen molar-refractivity contribution in [2.45, 2.75) is 77.4 Å². The van der Waals surface area contributed by atoms with E-state index in [1.54, 1.807) is 0 Å². The van der Waals surface area contributed by atoms with Crippen LogP contribution in [0.4, 0.5) is 0 Å². The molecule has 0 aromatic carbocycles. The van der Waals surface area contributed by atoms with Gasteiger partial charge in [0.15, 0.2) is 0 Å². The smallest absolute Gasteiger partial charge is 0.133 e. The van der Waals surface area contributed by atoms with Crippen LogP contribution >= 0.6 is 0 Å². The summed E-state index contributed by atoms with van der Waals surface area (Å²) >= 11 is 0. The lowest BCUT2D eigenvalue weighted by Gasteiger charge is -2.59. The lowest BCUT2D eigenvalue weighted by molar-refractivity contribution is -0.155. The second-order valence-corrected chi connectivity index (χ2v) is 9.25. The van der Waals surface area contributed by atoms with Crippen molar-refractivity contribution in [3.8, 4) is 0 Å². The molecule has 3 saturated carbocycles. The molecule has 1 aliphatic heterocycles. The van der Waals surface area contributed by atoms with Crippen LogP contribution in [0.2, 0.25) is 0 Å². The van der Waals surface area contributed by atoms with Crippen LogP contribution in [0, 0.1) is 28.6 Å². The van der Waals surface area contributed by atoms with Gasteiger partial charge in [0, 0.05) is 18.3 Å². The second-order valence-electron chi connectivity index (χ2n) is 9.25. The van der Waals surface area contributed by atoms with Gasteiger partial charge < -0.3 is 9.84 Å². The fourth-order valence-corrected chi connectivity index (χ4v) is 6.50. The van der Waals surface area contributed by atoms with Gasteiger partial charge in [-0.2, -0.15) is 0 Å². The molecule has 1 heterocycles. The zero-order valence-electron chi connectivity index (χ0n) is 14.2. The van der Waals surface area contributed by atoms with Gasteiger partial charge in [-0.1, -0.05) is 13.8 Å². The van der Waals surface area contributed by atoms with Gasteiger partial charge in [0.25, 0.3) is 0 Å². The Morgan fingerprint density at radius 3 is 2.68 bits per heavy atom. The van der Waals surface area contributed by atoms with Gasteiger partial charge in [-0.05, 0) is 62.2 Å². The summed E-state index contributed by atoms with van der Waals surface area (Å²) in [7, 11) is 0. The topological polar surface area (TPSA) is 46.5 Å². The number of hydrogen-bond acceptors (Lipinski definition) is 3.